The second kappa shape index (κ2) is 6.58. The molecule has 0 radical (unpaired) electrons. The summed E-state index contributed by atoms with van der Waals surface area (Å²) in [5.41, 5.74) is 0.855. The van der Waals surface area contributed by atoms with Gasteiger partial charge in [-0.3, -0.25) is 4.79 Å². The molecule has 0 aliphatic heterocycles. The molecule has 1 aromatic carbocycles. The Morgan fingerprint density at radius 2 is 1.62 bits per heavy atom. The van der Waals surface area contributed by atoms with E-state index in [2.05, 4.69) is 20.8 Å². The first-order valence-electron chi connectivity index (χ1n) is 7.21. The van der Waals surface area contributed by atoms with Crippen LogP contribution in [0.1, 0.15) is 43.6 Å². The molecule has 1 aromatic rings. The highest BCUT2D eigenvalue weighted by atomic mass is 16.3. The summed E-state index contributed by atoms with van der Waals surface area (Å²) < 4.78 is 0. The van der Waals surface area contributed by atoms with Crippen molar-refractivity contribution in [3.8, 4) is 0 Å². The van der Waals surface area contributed by atoms with Crippen molar-refractivity contribution >= 4 is 5.91 Å². The quantitative estimate of drug-likeness (QED) is 0.873. The number of aliphatic hydroxyl groups is 2. The molecule has 1 rings (SSSR count). The van der Waals surface area contributed by atoms with Crippen LogP contribution >= 0.6 is 0 Å². The average Bonchev–Trinajstić information content (AvgIpc) is 2.45. The summed E-state index contributed by atoms with van der Waals surface area (Å²) in [5.74, 6) is -0.0892. The third kappa shape index (κ3) is 4.29. The van der Waals surface area contributed by atoms with Gasteiger partial charge < -0.3 is 15.1 Å². The largest absolute Gasteiger partial charge is 0.396 e. The molecule has 1 amide bonds. The molecule has 0 atom stereocenters. The van der Waals surface area contributed by atoms with E-state index in [9.17, 15) is 15.0 Å². The number of rotatable bonds is 5. The lowest BCUT2D eigenvalue weighted by molar-refractivity contribution is 0.0365. The van der Waals surface area contributed by atoms with Gasteiger partial charge in [0, 0.05) is 24.6 Å². The minimum absolute atomic E-state index is 0.0892. The van der Waals surface area contributed by atoms with Gasteiger partial charge in [-0.2, -0.15) is 0 Å². The summed E-state index contributed by atoms with van der Waals surface area (Å²) >= 11 is 0. The molecule has 0 fully saturated rings. The zero-order valence-electron chi connectivity index (χ0n) is 13.7. The number of carbonyl (C=O) groups is 1. The van der Waals surface area contributed by atoms with Crippen LogP contribution in [0.25, 0.3) is 0 Å². The number of hydrogen-bond donors (Lipinski definition) is 2. The minimum atomic E-state index is -0.693. The highest BCUT2D eigenvalue weighted by Crippen LogP contribution is 2.27. The fourth-order valence-electron chi connectivity index (χ4n) is 2.32. The van der Waals surface area contributed by atoms with Gasteiger partial charge in [-0.05, 0) is 17.0 Å². The molecule has 0 saturated heterocycles. The highest BCUT2D eigenvalue weighted by molar-refractivity contribution is 5.96. The maximum atomic E-state index is 12.7. The van der Waals surface area contributed by atoms with Gasteiger partial charge in [-0.15, -0.1) is 0 Å². The molecule has 0 spiro atoms. The molecule has 21 heavy (non-hydrogen) atoms. The summed E-state index contributed by atoms with van der Waals surface area (Å²) in [5, 5.41) is 18.7. The number of aliphatic hydroxyl groups excluding tert-OH is 2. The van der Waals surface area contributed by atoms with E-state index in [1.54, 1.807) is 18.9 Å². The van der Waals surface area contributed by atoms with Crippen LogP contribution in [-0.2, 0) is 5.41 Å². The van der Waals surface area contributed by atoms with Crippen LogP contribution in [0.2, 0.25) is 0 Å². The van der Waals surface area contributed by atoms with E-state index in [-0.39, 0.29) is 24.5 Å². The highest BCUT2D eigenvalue weighted by Gasteiger charge is 2.29. The van der Waals surface area contributed by atoms with E-state index in [4.69, 9.17) is 0 Å². The predicted octanol–water partition coefficient (Wildman–Crippen LogP) is 2.05. The summed E-state index contributed by atoms with van der Waals surface area (Å²) in [4.78, 5) is 14.3. The fraction of sp³-hybridized carbons (Fsp3) is 0.588. The van der Waals surface area contributed by atoms with Crippen LogP contribution < -0.4 is 0 Å². The van der Waals surface area contributed by atoms with Crippen molar-refractivity contribution in [3.05, 3.63) is 35.4 Å². The minimum Gasteiger partial charge on any atom is -0.396 e. The number of carbonyl (C=O) groups excluding carboxylic acids is 1. The van der Waals surface area contributed by atoms with E-state index < -0.39 is 5.41 Å². The molecule has 0 bridgehead atoms. The fourth-order valence-corrected chi connectivity index (χ4v) is 2.32. The molecule has 0 aliphatic carbocycles. The molecule has 4 nitrogen and oxygen atoms in total. The van der Waals surface area contributed by atoms with Crippen LogP contribution in [0.5, 0.6) is 0 Å². The van der Waals surface area contributed by atoms with Crippen molar-refractivity contribution in [2.45, 2.75) is 33.1 Å². The smallest absolute Gasteiger partial charge is 0.253 e. The van der Waals surface area contributed by atoms with E-state index >= 15 is 0 Å². The van der Waals surface area contributed by atoms with Gasteiger partial charge in [0.2, 0.25) is 0 Å². The molecular weight excluding hydrogens is 266 g/mol. The van der Waals surface area contributed by atoms with Gasteiger partial charge in [0.15, 0.2) is 0 Å². The Hall–Kier alpha value is -1.39. The maximum absolute atomic E-state index is 12.7. The van der Waals surface area contributed by atoms with Crippen molar-refractivity contribution in [3.63, 3.8) is 0 Å². The SMILES string of the molecule is CN(CC(C)(CO)CO)C(=O)c1ccccc1C(C)(C)C. The molecule has 0 saturated carbocycles. The Morgan fingerprint density at radius 3 is 2.10 bits per heavy atom. The van der Waals surface area contributed by atoms with Gasteiger partial charge in [-0.1, -0.05) is 45.9 Å². The lowest BCUT2D eigenvalue weighted by Crippen LogP contribution is -2.42. The van der Waals surface area contributed by atoms with Gasteiger partial charge in [0.1, 0.15) is 0 Å². The first-order valence-corrected chi connectivity index (χ1v) is 7.21. The first-order chi connectivity index (χ1) is 9.64. The maximum Gasteiger partial charge on any atom is 0.253 e. The monoisotopic (exact) mass is 293 g/mol. The Morgan fingerprint density at radius 1 is 1.10 bits per heavy atom. The molecule has 0 heterocycles. The van der Waals surface area contributed by atoms with Crippen molar-refractivity contribution in [2.24, 2.45) is 5.41 Å². The third-order valence-electron chi connectivity index (χ3n) is 3.69. The lowest BCUT2D eigenvalue weighted by atomic mass is 9.83. The molecule has 0 unspecified atom stereocenters. The standard InChI is InChI=1S/C17H27NO3/c1-16(2,3)14-9-7-6-8-13(14)15(21)18(5)10-17(4,11-19)12-20/h6-9,19-20H,10-12H2,1-5H3. The van der Waals surface area contributed by atoms with E-state index in [0.717, 1.165) is 5.56 Å². The Bertz CT molecular complexity index is 487. The van der Waals surface area contributed by atoms with E-state index in [0.29, 0.717) is 12.1 Å². The van der Waals surface area contributed by atoms with Crippen molar-refractivity contribution in [1.82, 2.24) is 4.90 Å². The molecule has 4 heteroatoms. The number of hydrogen-bond acceptors (Lipinski definition) is 3. The topological polar surface area (TPSA) is 60.8 Å². The van der Waals surface area contributed by atoms with Gasteiger partial charge in [0.25, 0.3) is 5.91 Å². The van der Waals surface area contributed by atoms with Crippen molar-refractivity contribution in [2.75, 3.05) is 26.8 Å². The molecule has 2 N–H and O–H groups in total. The van der Waals surface area contributed by atoms with Crippen LogP contribution in [-0.4, -0.2) is 47.8 Å². The number of benzene rings is 1. The van der Waals surface area contributed by atoms with Crippen LogP contribution in [0.3, 0.4) is 0 Å². The summed E-state index contributed by atoms with van der Waals surface area (Å²) in [6, 6.07) is 7.59. The second-order valence-electron chi connectivity index (χ2n) is 7.08. The zero-order chi connectivity index (χ0) is 16.3. The lowest BCUT2D eigenvalue weighted by Gasteiger charge is -2.31. The molecule has 118 valence electrons. The van der Waals surface area contributed by atoms with Crippen LogP contribution in [0.15, 0.2) is 24.3 Å². The average molecular weight is 293 g/mol. The first kappa shape index (κ1) is 17.7. The molecule has 0 aliphatic rings. The summed E-state index contributed by atoms with van der Waals surface area (Å²) in [6.07, 6.45) is 0. The molecular formula is C17H27NO3. The summed E-state index contributed by atoms with van der Waals surface area (Å²) in [7, 11) is 1.70. The van der Waals surface area contributed by atoms with Crippen molar-refractivity contribution in [1.29, 1.82) is 0 Å². The van der Waals surface area contributed by atoms with Crippen molar-refractivity contribution < 1.29 is 15.0 Å². The van der Waals surface area contributed by atoms with Gasteiger partial charge in [0.05, 0.1) is 13.2 Å². The second-order valence-corrected chi connectivity index (χ2v) is 7.08. The Kier molecular flexibility index (Phi) is 5.54. The van der Waals surface area contributed by atoms with Gasteiger partial charge >= 0.3 is 0 Å². The van der Waals surface area contributed by atoms with Crippen LogP contribution in [0, 0.1) is 5.41 Å². The zero-order valence-corrected chi connectivity index (χ0v) is 13.7. The predicted molar refractivity (Wildman–Crippen MR) is 84.4 cm³/mol. The molecule has 0 aromatic heterocycles. The Labute approximate surface area is 127 Å². The number of amides is 1. The Balaban J connectivity index is 3.04. The van der Waals surface area contributed by atoms with E-state index in [1.165, 1.54) is 0 Å². The summed E-state index contributed by atoms with van der Waals surface area (Å²) in [6.45, 7) is 7.95. The number of nitrogens with zero attached hydrogens (tertiary/aromatic N) is 1. The van der Waals surface area contributed by atoms with E-state index in [1.807, 2.05) is 24.3 Å². The van der Waals surface area contributed by atoms with Crippen LogP contribution in [0.4, 0.5) is 0 Å². The normalized spacial score (nSPS) is 12.3. The van der Waals surface area contributed by atoms with Gasteiger partial charge in [-0.25, -0.2) is 0 Å². The third-order valence-corrected chi connectivity index (χ3v) is 3.69.